The number of rotatable bonds is 5. The van der Waals surface area contributed by atoms with Gasteiger partial charge >= 0.3 is 0 Å². The monoisotopic (exact) mass is 196 g/mol. The summed E-state index contributed by atoms with van der Waals surface area (Å²) in [5.74, 6) is 0.734. The molecule has 3 heteroatoms. The summed E-state index contributed by atoms with van der Waals surface area (Å²) in [5.41, 5.74) is 0.833. The molecule has 2 N–H and O–H groups in total. The minimum atomic E-state index is -0.337. The van der Waals surface area contributed by atoms with Crippen molar-refractivity contribution in [2.75, 3.05) is 6.61 Å². The molecule has 0 radical (unpaired) electrons. The molecule has 0 amide bonds. The standard InChI is InChI=1S/C11H16O3/c1-9(13)5-6-14-11-4-2-3-10(7-11)8-12/h2-4,7,9,12-13H,5-6,8H2,1H3. The Hall–Kier alpha value is -1.06. The highest BCUT2D eigenvalue weighted by atomic mass is 16.5. The summed E-state index contributed by atoms with van der Waals surface area (Å²) < 4.78 is 5.39. The van der Waals surface area contributed by atoms with Crippen molar-refractivity contribution in [3.05, 3.63) is 29.8 Å². The van der Waals surface area contributed by atoms with Crippen molar-refractivity contribution in [1.82, 2.24) is 0 Å². The molecule has 0 heterocycles. The summed E-state index contributed by atoms with van der Waals surface area (Å²) in [4.78, 5) is 0. The first-order chi connectivity index (χ1) is 6.72. The van der Waals surface area contributed by atoms with Gasteiger partial charge in [0.25, 0.3) is 0 Å². The molecule has 0 saturated heterocycles. The van der Waals surface area contributed by atoms with Crippen molar-refractivity contribution < 1.29 is 14.9 Å². The zero-order valence-corrected chi connectivity index (χ0v) is 8.31. The second-order valence-corrected chi connectivity index (χ2v) is 3.29. The van der Waals surface area contributed by atoms with E-state index < -0.39 is 0 Å². The average molecular weight is 196 g/mol. The molecule has 0 aliphatic rings. The molecule has 0 bridgehead atoms. The molecule has 1 atom stereocenters. The summed E-state index contributed by atoms with van der Waals surface area (Å²) in [6.07, 6.45) is 0.277. The summed E-state index contributed by atoms with van der Waals surface area (Å²) in [6.45, 7) is 2.24. The van der Waals surface area contributed by atoms with Gasteiger partial charge < -0.3 is 14.9 Å². The van der Waals surface area contributed by atoms with Crippen LogP contribution in [0.1, 0.15) is 18.9 Å². The molecule has 14 heavy (non-hydrogen) atoms. The third-order valence-electron chi connectivity index (χ3n) is 1.89. The highest BCUT2D eigenvalue weighted by Crippen LogP contribution is 2.13. The lowest BCUT2D eigenvalue weighted by molar-refractivity contribution is 0.155. The number of benzene rings is 1. The van der Waals surface area contributed by atoms with Crippen LogP contribution in [-0.2, 0) is 6.61 Å². The second kappa shape index (κ2) is 5.62. The molecule has 1 unspecified atom stereocenters. The van der Waals surface area contributed by atoms with Crippen LogP contribution in [0, 0.1) is 0 Å². The maximum atomic E-state index is 9.01. The zero-order chi connectivity index (χ0) is 10.4. The van der Waals surface area contributed by atoms with Crippen LogP contribution in [0.4, 0.5) is 0 Å². The van der Waals surface area contributed by atoms with Gasteiger partial charge in [0.1, 0.15) is 5.75 Å². The van der Waals surface area contributed by atoms with E-state index in [0.717, 1.165) is 11.3 Å². The highest BCUT2D eigenvalue weighted by molar-refractivity contribution is 5.27. The van der Waals surface area contributed by atoms with Crippen molar-refractivity contribution in [1.29, 1.82) is 0 Å². The predicted molar refractivity (Wildman–Crippen MR) is 54.2 cm³/mol. The maximum Gasteiger partial charge on any atom is 0.119 e. The van der Waals surface area contributed by atoms with Crippen molar-refractivity contribution >= 4 is 0 Å². The third kappa shape index (κ3) is 3.77. The van der Waals surface area contributed by atoms with Gasteiger partial charge in [-0.3, -0.25) is 0 Å². The van der Waals surface area contributed by atoms with E-state index in [1.165, 1.54) is 0 Å². The Kier molecular flexibility index (Phi) is 4.43. The smallest absolute Gasteiger partial charge is 0.119 e. The van der Waals surface area contributed by atoms with Crippen molar-refractivity contribution in [2.24, 2.45) is 0 Å². The van der Waals surface area contributed by atoms with E-state index in [1.807, 2.05) is 18.2 Å². The van der Waals surface area contributed by atoms with Gasteiger partial charge in [0.2, 0.25) is 0 Å². The van der Waals surface area contributed by atoms with E-state index >= 15 is 0 Å². The predicted octanol–water partition coefficient (Wildman–Crippen LogP) is 1.33. The topological polar surface area (TPSA) is 49.7 Å². The fourth-order valence-electron chi connectivity index (χ4n) is 1.08. The van der Waals surface area contributed by atoms with E-state index in [1.54, 1.807) is 13.0 Å². The summed E-state index contributed by atoms with van der Waals surface area (Å²) in [7, 11) is 0. The number of ether oxygens (including phenoxy) is 1. The Morgan fingerprint density at radius 2 is 2.21 bits per heavy atom. The molecular weight excluding hydrogens is 180 g/mol. The zero-order valence-electron chi connectivity index (χ0n) is 8.31. The van der Waals surface area contributed by atoms with Crippen LogP contribution in [0.15, 0.2) is 24.3 Å². The Bertz CT molecular complexity index is 271. The van der Waals surface area contributed by atoms with Crippen LogP contribution in [-0.4, -0.2) is 22.9 Å². The van der Waals surface area contributed by atoms with Crippen molar-refractivity contribution in [3.63, 3.8) is 0 Å². The van der Waals surface area contributed by atoms with Gasteiger partial charge in [-0.2, -0.15) is 0 Å². The Labute approximate surface area is 84.0 Å². The molecule has 0 spiro atoms. The molecule has 0 aliphatic heterocycles. The normalized spacial score (nSPS) is 12.5. The molecule has 3 nitrogen and oxygen atoms in total. The number of hydrogen-bond donors (Lipinski definition) is 2. The summed E-state index contributed by atoms with van der Waals surface area (Å²) in [6, 6.07) is 7.30. The van der Waals surface area contributed by atoms with Crippen LogP contribution in [0.3, 0.4) is 0 Å². The van der Waals surface area contributed by atoms with Crippen LogP contribution in [0.5, 0.6) is 5.75 Å². The van der Waals surface area contributed by atoms with E-state index in [2.05, 4.69) is 0 Å². The van der Waals surface area contributed by atoms with Crippen LogP contribution >= 0.6 is 0 Å². The van der Waals surface area contributed by atoms with Crippen molar-refractivity contribution in [3.8, 4) is 5.75 Å². The Balaban J connectivity index is 2.42. The Morgan fingerprint density at radius 3 is 2.86 bits per heavy atom. The molecule has 0 fully saturated rings. The minimum absolute atomic E-state index is 0.0214. The Morgan fingerprint density at radius 1 is 1.43 bits per heavy atom. The first kappa shape index (κ1) is 11.0. The summed E-state index contributed by atoms with van der Waals surface area (Å²) in [5, 5.41) is 17.9. The molecule has 0 aromatic heterocycles. The molecule has 0 aliphatic carbocycles. The maximum absolute atomic E-state index is 9.01. The first-order valence-electron chi connectivity index (χ1n) is 4.73. The first-order valence-corrected chi connectivity index (χ1v) is 4.73. The van der Waals surface area contributed by atoms with E-state index in [-0.39, 0.29) is 12.7 Å². The lowest BCUT2D eigenvalue weighted by Crippen LogP contribution is -2.07. The highest BCUT2D eigenvalue weighted by Gasteiger charge is 1.98. The number of aliphatic hydroxyl groups is 2. The molecule has 0 saturated carbocycles. The van der Waals surface area contributed by atoms with E-state index in [4.69, 9.17) is 14.9 Å². The van der Waals surface area contributed by atoms with Gasteiger partial charge in [-0.05, 0) is 24.6 Å². The van der Waals surface area contributed by atoms with Crippen LogP contribution in [0.25, 0.3) is 0 Å². The van der Waals surface area contributed by atoms with E-state index in [0.29, 0.717) is 13.0 Å². The van der Waals surface area contributed by atoms with Crippen LogP contribution < -0.4 is 4.74 Å². The molecule has 1 aromatic rings. The van der Waals surface area contributed by atoms with Gasteiger partial charge in [0.05, 0.1) is 19.3 Å². The van der Waals surface area contributed by atoms with Gasteiger partial charge in [0.15, 0.2) is 0 Å². The average Bonchev–Trinajstić information content (AvgIpc) is 2.18. The van der Waals surface area contributed by atoms with Gasteiger partial charge in [-0.15, -0.1) is 0 Å². The lowest BCUT2D eigenvalue weighted by atomic mass is 10.2. The molecule has 1 rings (SSSR count). The van der Waals surface area contributed by atoms with Crippen molar-refractivity contribution in [2.45, 2.75) is 26.1 Å². The van der Waals surface area contributed by atoms with Gasteiger partial charge in [-0.1, -0.05) is 12.1 Å². The third-order valence-corrected chi connectivity index (χ3v) is 1.89. The molecule has 1 aromatic carbocycles. The lowest BCUT2D eigenvalue weighted by Gasteiger charge is -2.08. The molecular formula is C11H16O3. The minimum Gasteiger partial charge on any atom is -0.493 e. The van der Waals surface area contributed by atoms with Crippen LogP contribution in [0.2, 0.25) is 0 Å². The summed E-state index contributed by atoms with van der Waals surface area (Å²) >= 11 is 0. The largest absolute Gasteiger partial charge is 0.493 e. The SMILES string of the molecule is CC(O)CCOc1cccc(CO)c1. The number of hydrogen-bond acceptors (Lipinski definition) is 3. The van der Waals surface area contributed by atoms with E-state index in [9.17, 15) is 0 Å². The number of aliphatic hydroxyl groups excluding tert-OH is 2. The second-order valence-electron chi connectivity index (χ2n) is 3.29. The molecule has 78 valence electrons. The van der Waals surface area contributed by atoms with Gasteiger partial charge in [-0.25, -0.2) is 0 Å². The fraction of sp³-hybridized carbons (Fsp3) is 0.455. The van der Waals surface area contributed by atoms with Gasteiger partial charge in [0, 0.05) is 6.42 Å². The quantitative estimate of drug-likeness (QED) is 0.747. The fourth-order valence-corrected chi connectivity index (χ4v) is 1.08.